The average molecular weight is 439 g/mol. The van der Waals surface area contributed by atoms with Gasteiger partial charge in [0.05, 0.1) is 16.7 Å². The van der Waals surface area contributed by atoms with Gasteiger partial charge in [0.15, 0.2) is 0 Å². The van der Waals surface area contributed by atoms with Gasteiger partial charge < -0.3 is 24.8 Å². The molecule has 0 saturated carbocycles. The zero-order chi connectivity index (χ0) is 23.5. The van der Waals surface area contributed by atoms with Gasteiger partial charge in [0.1, 0.15) is 29.5 Å². The quantitative estimate of drug-likeness (QED) is 0.617. The van der Waals surface area contributed by atoms with E-state index in [2.05, 4.69) is 6.08 Å². The molecule has 2 atom stereocenters. The van der Waals surface area contributed by atoms with Crippen molar-refractivity contribution in [2.45, 2.75) is 65.3 Å². The number of fused-ring (bicyclic) bond motifs is 4. The number of rotatable bonds is 4. The second-order valence-corrected chi connectivity index (χ2v) is 9.54. The van der Waals surface area contributed by atoms with E-state index in [0.29, 0.717) is 29.7 Å². The minimum atomic E-state index is -1.11. The summed E-state index contributed by atoms with van der Waals surface area (Å²) in [5, 5.41) is 32.1. The lowest BCUT2D eigenvalue weighted by atomic mass is 9.75. The van der Waals surface area contributed by atoms with Crippen LogP contribution in [0.25, 0.3) is 0 Å². The molecule has 1 heterocycles. The predicted molar refractivity (Wildman–Crippen MR) is 121 cm³/mol. The Kier molecular flexibility index (Phi) is 5.34. The van der Waals surface area contributed by atoms with E-state index in [0.717, 1.165) is 22.3 Å². The molecule has 170 valence electrons. The molecule has 2 aromatic rings. The molecule has 0 fully saturated rings. The Bertz CT molecular complexity index is 1150. The van der Waals surface area contributed by atoms with E-state index in [9.17, 15) is 20.1 Å². The molecule has 6 heteroatoms. The Morgan fingerprint density at radius 2 is 1.81 bits per heavy atom. The van der Waals surface area contributed by atoms with Crippen molar-refractivity contribution in [1.29, 1.82) is 0 Å². The normalized spacial score (nSPS) is 19.2. The number of aliphatic hydroxyl groups is 1. The molecular weight excluding hydrogens is 408 g/mol. The van der Waals surface area contributed by atoms with Gasteiger partial charge in [-0.15, -0.1) is 0 Å². The number of allylic oxidation sites excluding steroid dienone is 2. The summed E-state index contributed by atoms with van der Waals surface area (Å²) in [6.07, 6.45) is 1.85. The number of phenolic OH excluding ortho intramolecular Hbond substituents is 2. The van der Waals surface area contributed by atoms with Gasteiger partial charge in [0.2, 0.25) is 5.78 Å². The lowest BCUT2D eigenvalue weighted by molar-refractivity contribution is -0.0230. The predicted octanol–water partition coefficient (Wildman–Crippen LogP) is 4.27. The first-order chi connectivity index (χ1) is 15.0. The number of methoxy groups -OCH3 is 1. The molecule has 1 aliphatic carbocycles. The summed E-state index contributed by atoms with van der Waals surface area (Å²) in [6, 6.07) is 3.02. The topological polar surface area (TPSA) is 96.2 Å². The summed E-state index contributed by atoms with van der Waals surface area (Å²) in [5.74, 6) is -0.346. The molecule has 2 aromatic carbocycles. The number of hydrogen-bond donors (Lipinski definition) is 3. The fourth-order valence-corrected chi connectivity index (χ4v) is 4.80. The molecule has 3 N–H and O–H groups in total. The molecule has 0 aromatic heterocycles. The first-order valence-electron chi connectivity index (χ1n) is 10.8. The molecule has 4 rings (SSSR count). The Morgan fingerprint density at radius 1 is 1.19 bits per heavy atom. The van der Waals surface area contributed by atoms with Crippen LogP contribution in [0.1, 0.15) is 77.5 Å². The van der Waals surface area contributed by atoms with E-state index in [1.165, 1.54) is 6.07 Å². The summed E-state index contributed by atoms with van der Waals surface area (Å²) in [4.78, 5) is 13.6. The Morgan fingerprint density at radius 3 is 2.41 bits per heavy atom. The van der Waals surface area contributed by atoms with Gasteiger partial charge in [-0.1, -0.05) is 11.6 Å². The van der Waals surface area contributed by atoms with Crippen LogP contribution in [-0.4, -0.2) is 39.9 Å². The highest BCUT2D eigenvalue weighted by atomic mass is 16.5. The van der Waals surface area contributed by atoms with Gasteiger partial charge in [0, 0.05) is 36.3 Å². The lowest BCUT2D eigenvalue weighted by Gasteiger charge is -2.31. The SMILES string of the molecule is CO[C@@H]1c2c(CC=C(C)C)c(C)cc(O)c2C(=O)c2c(O)cc3c(c21)C[C@@H](C(C)(C)O)O3. The van der Waals surface area contributed by atoms with Gasteiger partial charge >= 0.3 is 0 Å². The highest BCUT2D eigenvalue weighted by Crippen LogP contribution is 2.51. The van der Waals surface area contributed by atoms with E-state index in [4.69, 9.17) is 9.47 Å². The number of ether oxygens (including phenoxy) is 2. The van der Waals surface area contributed by atoms with Crippen LogP contribution < -0.4 is 4.74 Å². The lowest BCUT2D eigenvalue weighted by Crippen LogP contribution is -2.39. The van der Waals surface area contributed by atoms with E-state index >= 15 is 0 Å². The average Bonchev–Trinajstić information content (AvgIpc) is 3.11. The van der Waals surface area contributed by atoms with Gasteiger partial charge in [0.25, 0.3) is 0 Å². The van der Waals surface area contributed by atoms with Crippen LogP contribution in [0.15, 0.2) is 23.8 Å². The van der Waals surface area contributed by atoms with Crippen molar-refractivity contribution in [3.63, 3.8) is 0 Å². The van der Waals surface area contributed by atoms with Crippen LogP contribution in [0.5, 0.6) is 17.2 Å². The summed E-state index contributed by atoms with van der Waals surface area (Å²) in [5.41, 5.74) is 4.02. The van der Waals surface area contributed by atoms with E-state index in [1.807, 2.05) is 20.8 Å². The Balaban J connectivity index is 2.00. The van der Waals surface area contributed by atoms with Crippen molar-refractivity contribution >= 4 is 5.78 Å². The highest BCUT2D eigenvalue weighted by Gasteiger charge is 2.44. The van der Waals surface area contributed by atoms with E-state index in [1.54, 1.807) is 27.0 Å². The number of aryl methyl sites for hydroxylation is 1. The maximum absolute atomic E-state index is 13.6. The standard InChI is InChI=1S/C26H30O6/c1-12(2)7-8-14-13(3)9-16(27)22-20(14)25(31-6)21-15-10-19(26(4,5)30)32-18(15)11-17(28)23(21)24(22)29/h7,9,11,19,25,27-28,30H,8,10H2,1-6H3/t19-,25+/m0/s1. The smallest absolute Gasteiger partial charge is 0.201 e. The summed E-state index contributed by atoms with van der Waals surface area (Å²) >= 11 is 0. The van der Waals surface area contributed by atoms with Crippen molar-refractivity contribution in [3.05, 3.63) is 62.7 Å². The third-order valence-corrected chi connectivity index (χ3v) is 6.47. The number of aromatic hydroxyl groups is 2. The molecule has 2 aliphatic rings. The second kappa shape index (κ2) is 7.64. The number of ketones is 1. The van der Waals surface area contributed by atoms with Crippen LogP contribution in [0.4, 0.5) is 0 Å². The molecule has 32 heavy (non-hydrogen) atoms. The number of phenols is 2. The maximum atomic E-state index is 13.6. The van der Waals surface area contributed by atoms with Crippen LogP contribution in [0.2, 0.25) is 0 Å². The maximum Gasteiger partial charge on any atom is 0.201 e. The number of carbonyl (C=O) groups is 1. The molecule has 0 amide bonds. The van der Waals surface area contributed by atoms with Gasteiger partial charge in [-0.3, -0.25) is 4.79 Å². The molecule has 6 nitrogen and oxygen atoms in total. The zero-order valence-corrected chi connectivity index (χ0v) is 19.4. The molecule has 0 radical (unpaired) electrons. The summed E-state index contributed by atoms with van der Waals surface area (Å²) < 4.78 is 11.9. The minimum absolute atomic E-state index is 0.121. The van der Waals surface area contributed by atoms with Gasteiger partial charge in [-0.25, -0.2) is 0 Å². The fraction of sp³-hybridized carbons (Fsp3) is 0.423. The van der Waals surface area contributed by atoms with Crippen molar-refractivity contribution in [2.24, 2.45) is 0 Å². The van der Waals surface area contributed by atoms with Crippen LogP contribution in [0, 0.1) is 6.92 Å². The number of benzene rings is 2. The fourth-order valence-electron chi connectivity index (χ4n) is 4.80. The minimum Gasteiger partial charge on any atom is -0.507 e. The molecule has 0 spiro atoms. The van der Waals surface area contributed by atoms with E-state index in [-0.39, 0.29) is 22.6 Å². The second-order valence-electron chi connectivity index (χ2n) is 9.54. The zero-order valence-electron chi connectivity index (χ0n) is 19.4. The van der Waals surface area contributed by atoms with Crippen molar-refractivity contribution < 1.29 is 29.6 Å². The summed E-state index contributed by atoms with van der Waals surface area (Å²) in [6.45, 7) is 9.26. The molecule has 0 bridgehead atoms. The Labute approximate surface area is 188 Å². The third kappa shape index (κ3) is 3.38. The molecule has 0 unspecified atom stereocenters. The van der Waals surface area contributed by atoms with Gasteiger partial charge in [-0.2, -0.15) is 0 Å². The van der Waals surface area contributed by atoms with Crippen molar-refractivity contribution in [1.82, 2.24) is 0 Å². The molecular formula is C26H30O6. The van der Waals surface area contributed by atoms with Gasteiger partial charge in [-0.05, 0) is 58.2 Å². The Hall–Kier alpha value is -2.83. The van der Waals surface area contributed by atoms with Crippen molar-refractivity contribution in [2.75, 3.05) is 7.11 Å². The summed E-state index contributed by atoms with van der Waals surface area (Å²) in [7, 11) is 1.55. The first kappa shape index (κ1) is 22.4. The third-order valence-electron chi connectivity index (χ3n) is 6.47. The monoisotopic (exact) mass is 438 g/mol. The largest absolute Gasteiger partial charge is 0.507 e. The highest BCUT2D eigenvalue weighted by molar-refractivity contribution is 6.16. The molecule has 1 aliphatic heterocycles. The van der Waals surface area contributed by atoms with Crippen molar-refractivity contribution in [3.8, 4) is 17.2 Å². The van der Waals surface area contributed by atoms with Crippen LogP contribution >= 0.6 is 0 Å². The number of hydrogen-bond acceptors (Lipinski definition) is 6. The number of carbonyl (C=O) groups excluding carboxylic acids is 1. The van der Waals surface area contributed by atoms with Crippen LogP contribution in [-0.2, 0) is 17.6 Å². The van der Waals surface area contributed by atoms with Crippen LogP contribution in [0.3, 0.4) is 0 Å². The first-order valence-corrected chi connectivity index (χ1v) is 10.8. The molecule has 0 saturated heterocycles. The van der Waals surface area contributed by atoms with E-state index < -0.39 is 23.6 Å².